The van der Waals surface area contributed by atoms with Crippen LogP contribution in [0.3, 0.4) is 0 Å². The van der Waals surface area contributed by atoms with Gasteiger partial charge in [-0.1, -0.05) is 0 Å². The molecule has 0 aromatic heterocycles. The van der Waals surface area contributed by atoms with Crippen LogP contribution < -0.4 is 10.2 Å². The molecule has 1 aromatic rings. The predicted octanol–water partition coefficient (Wildman–Crippen LogP) is 3.18. The summed E-state index contributed by atoms with van der Waals surface area (Å²) in [6.07, 6.45) is -1.36. The number of hydrogen-bond acceptors (Lipinski definition) is 2. The Balaban J connectivity index is 1.74. The Kier molecular flexibility index (Phi) is 3.36. The van der Waals surface area contributed by atoms with Crippen molar-refractivity contribution in [1.29, 1.82) is 0 Å². The third-order valence-electron chi connectivity index (χ3n) is 3.86. The molecule has 3 rings (SSSR count). The van der Waals surface area contributed by atoms with Gasteiger partial charge in [-0.2, -0.15) is 13.2 Å². The van der Waals surface area contributed by atoms with Gasteiger partial charge in [0.05, 0.1) is 5.56 Å². The van der Waals surface area contributed by atoms with Crippen molar-refractivity contribution in [3.63, 3.8) is 0 Å². The Hall–Kier alpha value is -1.30. The summed E-state index contributed by atoms with van der Waals surface area (Å²) in [7, 11) is 0. The highest BCUT2D eigenvalue weighted by atomic mass is 19.4. The van der Waals surface area contributed by atoms with E-state index in [1.807, 2.05) is 4.90 Å². The van der Waals surface area contributed by atoms with Crippen LogP contribution in [-0.2, 0) is 6.18 Å². The zero-order chi connectivity index (χ0) is 14.3. The number of anilines is 1. The largest absolute Gasteiger partial charge is 0.419 e. The maximum absolute atomic E-state index is 13.3. The van der Waals surface area contributed by atoms with E-state index >= 15 is 0 Å². The molecule has 1 aliphatic heterocycles. The maximum Gasteiger partial charge on any atom is 0.419 e. The van der Waals surface area contributed by atoms with E-state index in [1.165, 1.54) is 18.9 Å². The lowest BCUT2D eigenvalue weighted by Crippen LogP contribution is -2.34. The summed E-state index contributed by atoms with van der Waals surface area (Å²) in [4.78, 5) is 1.88. The van der Waals surface area contributed by atoms with Crippen molar-refractivity contribution in [2.45, 2.75) is 37.5 Å². The second kappa shape index (κ2) is 4.91. The highest BCUT2D eigenvalue weighted by molar-refractivity contribution is 5.50. The van der Waals surface area contributed by atoms with Crippen molar-refractivity contribution in [2.24, 2.45) is 0 Å². The Morgan fingerprint density at radius 1 is 1.10 bits per heavy atom. The molecule has 1 aromatic carbocycles. The topological polar surface area (TPSA) is 15.3 Å². The number of halogens is 4. The number of hydrogen-bond donors (Lipinski definition) is 1. The molecule has 1 saturated carbocycles. The first-order chi connectivity index (χ1) is 9.43. The highest BCUT2D eigenvalue weighted by Crippen LogP contribution is 2.34. The zero-order valence-corrected chi connectivity index (χ0v) is 10.9. The molecule has 0 amide bonds. The molecule has 6 heteroatoms. The van der Waals surface area contributed by atoms with Gasteiger partial charge in [-0.05, 0) is 37.5 Å². The van der Waals surface area contributed by atoms with Crippen LogP contribution in [0.4, 0.5) is 23.2 Å². The number of rotatable bonds is 3. The predicted molar refractivity (Wildman–Crippen MR) is 68.2 cm³/mol. The van der Waals surface area contributed by atoms with Gasteiger partial charge in [0.1, 0.15) is 5.82 Å². The maximum atomic E-state index is 13.3. The van der Waals surface area contributed by atoms with Gasteiger partial charge in [0.2, 0.25) is 0 Å². The van der Waals surface area contributed by atoms with Gasteiger partial charge in [0.25, 0.3) is 0 Å². The lowest BCUT2D eigenvalue weighted by molar-refractivity contribution is -0.139. The first-order valence-corrected chi connectivity index (χ1v) is 6.81. The molecule has 0 bridgehead atoms. The molecule has 2 nitrogen and oxygen atoms in total. The molecular weight excluding hydrogens is 272 g/mol. The molecule has 0 spiro atoms. The first-order valence-electron chi connectivity index (χ1n) is 6.81. The Morgan fingerprint density at radius 3 is 2.50 bits per heavy atom. The summed E-state index contributed by atoms with van der Waals surface area (Å²) in [5.41, 5.74) is -0.743. The quantitative estimate of drug-likeness (QED) is 0.859. The van der Waals surface area contributed by atoms with E-state index in [4.69, 9.17) is 0 Å². The van der Waals surface area contributed by atoms with Crippen molar-refractivity contribution in [1.82, 2.24) is 5.32 Å². The minimum atomic E-state index is -4.65. The van der Waals surface area contributed by atoms with Crippen LogP contribution in [-0.4, -0.2) is 25.2 Å². The second-order valence-corrected chi connectivity index (χ2v) is 5.53. The van der Waals surface area contributed by atoms with Crippen LogP contribution in [0, 0.1) is 5.82 Å². The van der Waals surface area contributed by atoms with Gasteiger partial charge < -0.3 is 10.2 Å². The van der Waals surface area contributed by atoms with Gasteiger partial charge in [0, 0.05) is 30.9 Å². The van der Waals surface area contributed by atoms with Crippen LogP contribution in [0.25, 0.3) is 0 Å². The van der Waals surface area contributed by atoms with E-state index in [9.17, 15) is 17.6 Å². The molecule has 110 valence electrons. The van der Waals surface area contributed by atoms with Crippen LogP contribution in [0.1, 0.15) is 24.8 Å². The summed E-state index contributed by atoms with van der Waals surface area (Å²) in [6.45, 7) is 1.38. The minimum absolute atomic E-state index is 0.321. The monoisotopic (exact) mass is 288 g/mol. The van der Waals surface area contributed by atoms with Crippen molar-refractivity contribution >= 4 is 5.69 Å². The minimum Gasteiger partial charge on any atom is -0.370 e. The Bertz CT molecular complexity index is 496. The molecule has 0 radical (unpaired) electrons. The van der Waals surface area contributed by atoms with Crippen molar-refractivity contribution in [2.75, 3.05) is 18.0 Å². The van der Waals surface area contributed by atoms with Crippen molar-refractivity contribution < 1.29 is 17.6 Å². The number of benzene rings is 1. The van der Waals surface area contributed by atoms with E-state index < -0.39 is 17.6 Å². The second-order valence-electron chi connectivity index (χ2n) is 5.53. The van der Waals surface area contributed by atoms with Crippen molar-refractivity contribution in [3.8, 4) is 0 Å². The highest BCUT2D eigenvalue weighted by Gasteiger charge is 2.35. The average molecular weight is 288 g/mol. The molecule has 20 heavy (non-hydrogen) atoms. The molecule has 1 heterocycles. The van der Waals surface area contributed by atoms with E-state index in [2.05, 4.69) is 5.32 Å². The number of nitrogens with zero attached hydrogens (tertiary/aromatic N) is 1. The number of nitrogens with one attached hydrogen (secondary N) is 1. The smallest absolute Gasteiger partial charge is 0.370 e. The van der Waals surface area contributed by atoms with E-state index in [-0.39, 0.29) is 0 Å². The third kappa shape index (κ3) is 2.90. The summed E-state index contributed by atoms with van der Waals surface area (Å²) >= 11 is 0. The van der Waals surface area contributed by atoms with Crippen LogP contribution in [0.15, 0.2) is 18.2 Å². The Labute approximate surface area is 114 Å². The molecule has 1 unspecified atom stereocenters. The van der Waals surface area contributed by atoms with Crippen LogP contribution in [0.5, 0.6) is 0 Å². The lowest BCUT2D eigenvalue weighted by Gasteiger charge is -2.20. The van der Waals surface area contributed by atoms with Gasteiger partial charge in [-0.25, -0.2) is 4.39 Å². The van der Waals surface area contributed by atoms with Crippen LogP contribution >= 0.6 is 0 Å². The zero-order valence-electron chi connectivity index (χ0n) is 10.9. The molecule has 1 atom stereocenters. The third-order valence-corrected chi connectivity index (χ3v) is 3.86. The van der Waals surface area contributed by atoms with Gasteiger partial charge in [-0.15, -0.1) is 0 Å². The summed E-state index contributed by atoms with van der Waals surface area (Å²) in [5, 5.41) is 3.47. The fraction of sp³-hybridized carbons (Fsp3) is 0.571. The molecular formula is C14H16F4N2. The standard InChI is InChI=1S/C14H16F4N2/c15-13-4-3-11(7-12(13)14(16,17)18)20-6-5-10(8-20)19-9-1-2-9/h3-4,7,9-10,19H,1-2,5-6,8H2. The van der Waals surface area contributed by atoms with Gasteiger partial charge in [0.15, 0.2) is 0 Å². The number of alkyl halides is 3. The molecule has 2 fully saturated rings. The summed E-state index contributed by atoms with van der Waals surface area (Å²) in [5.74, 6) is -1.21. The average Bonchev–Trinajstić information content (AvgIpc) is 3.05. The van der Waals surface area contributed by atoms with E-state index in [0.29, 0.717) is 30.9 Å². The summed E-state index contributed by atoms with van der Waals surface area (Å²) < 4.78 is 51.4. The van der Waals surface area contributed by atoms with E-state index in [1.54, 1.807) is 0 Å². The van der Waals surface area contributed by atoms with Crippen molar-refractivity contribution in [3.05, 3.63) is 29.6 Å². The van der Waals surface area contributed by atoms with E-state index in [0.717, 1.165) is 18.6 Å². The first kappa shape index (κ1) is 13.7. The van der Waals surface area contributed by atoms with Crippen LogP contribution in [0.2, 0.25) is 0 Å². The van der Waals surface area contributed by atoms with Gasteiger partial charge in [-0.3, -0.25) is 0 Å². The lowest BCUT2D eigenvalue weighted by atomic mass is 10.1. The molecule has 1 N–H and O–H groups in total. The molecule has 1 saturated heterocycles. The normalized spacial score (nSPS) is 23.4. The molecule has 2 aliphatic rings. The molecule has 1 aliphatic carbocycles. The SMILES string of the molecule is Fc1ccc(N2CCC(NC3CC3)C2)cc1C(F)(F)F. The fourth-order valence-corrected chi connectivity index (χ4v) is 2.64. The van der Waals surface area contributed by atoms with Gasteiger partial charge >= 0.3 is 6.18 Å². The Morgan fingerprint density at radius 2 is 1.85 bits per heavy atom. The fourth-order valence-electron chi connectivity index (χ4n) is 2.64. The summed E-state index contributed by atoms with van der Waals surface area (Å²) in [6, 6.07) is 4.14.